The summed E-state index contributed by atoms with van der Waals surface area (Å²) in [5, 5.41) is 11.9. The summed E-state index contributed by atoms with van der Waals surface area (Å²) in [7, 11) is 0. The molecule has 1 aliphatic heterocycles. The number of rotatable bonds is 2. The van der Waals surface area contributed by atoms with Crippen molar-refractivity contribution in [3.05, 3.63) is 29.8 Å². The van der Waals surface area contributed by atoms with E-state index in [2.05, 4.69) is 5.32 Å². The topological polar surface area (TPSA) is 52.6 Å². The van der Waals surface area contributed by atoms with Gasteiger partial charge in [0, 0.05) is 12.2 Å². The van der Waals surface area contributed by atoms with Crippen molar-refractivity contribution in [2.45, 2.75) is 32.0 Å². The smallest absolute Gasteiger partial charge is 0.394 e. The second kappa shape index (κ2) is 6.56. The second-order valence-electron chi connectivity index (χ2n) is 5.57. The Hall–Kier alpha value is -1.76. The van der Waals surface area contributed by atoms with Crippen molar-refractivity contribution >= 4 is 11.7 Å². The number of piperidine rings is 1. The van der Waals surface area contributed by atoms with Gasteiger partial charge in [-0.2, -0.15) is 13.2 Å². The number of aliphatic hydroxyl groups excluding tert-OH is 1. The quantitative estimate of drug-likeness (QED) is 0.879. The number of nitrogens with one attached hydrogen (secondary N) is 1. The molecule has 1 fully saturated rings. The number of aliphatic hydroxyl groups is 1. The minimum atomic E-state index is -4.45. The SMILES string of the molecule is C[C@@H]1CCCN(C(=O)Nc2cccc(C(F)(F)F)c2)[C@H]1CO. The maximum absolute atomic E-state index is 12.7. The van der Waals surface area contributed by atoms with Crippen molar-refractivity contribution in [2.24, 2.45) is 5.92 Å². The summed E-state index contributed by atoms with van der Waals surface area (Å²) in [6.45, 7) is 2.28. The Labute approximate surface area is 126 Å². The summed E-state index contributed by atoms with van der Waals surface area (Å²) in [5.74, 6) is 0.158. The van der Waals surface area contributed by atoms with Gasteiger partial charge in [0.25, 0.3) is 0 Å². The van der Waals surface area contributed by atoms with Crippen LogP contribution in [0.4, 0.5) is 23.7 Å². The van der Waals surface area contributed by atoms with E-state index in [4.69, 9.17) is 0 Å². The average Bonchev–Trinajstić information content (AvgIpc) is 2.46. The minimum Gasteiger partial charge on any atom is -0.394 e. The van der Waals surface area contributed by atoms with Gasteiger partial charge >= 0.3 is 12.2 Å². The molecule has 0 radical (unpaired) electrons. The lowest BCUT2D eigenvalue weighted by Crippen LogP contribution is -2.51. The molecule has 2 N–H and O–H groups in total. The first-order valence-corrected chi connectivity index (χ1v) is 7.18. The molecular weight excluding hydrogens is 297 g/mol. The molecule has 2 amide bonds. The molecule has 0 aliphatic carbocycles. The van der Waals surface area contributed by atoms with Crippen molar-refractivity contribution in [3.63, 3.8) is 0 Å². The summed E-state index contributed by atoms with van der Waals surface area (Å²) in [6.07, 6.45) is -2.72. The number of halogens is 3. The molecule has 0 spiro atoms. The predicted octanol–water partition coefficient (Wildman–Crippen LogP) is 3.33. The highest BCUT2D eigenvalue weighted by Crippen LogP contribution is 2.31. The van der Waals surface area contributed by atoms with Gasteiger partial charge in [0.15, 0.2) is 0 Å². The molecule has 0 unspecified atom stereocenters. The summed E-state index contributed by atoms with van der Waals surface area (Å²) in [4.78, 5) is 13.8. The number of hydrogen-bond acceptors (Lipinski definition) is 2. The molecule has 22 heavy (non-hydrogen) atoms. The molecular formula is C15H19F3N2O2. The van der Waals surface area contributed by atoms with E-state index in [-0.39, 0.29) is 24.3 Å². The number of anilines is 1. The number of hydrogen-bond donors (Lipinski definition) is 2. The van der Waals surface area contributed by atoms with Gasteiger partial charge in [-0.3, -0.25) is 0 Å². The lowest BCUT2D eigenvalue weighted by Gasteiger charge is -2.38. The monoisotopic (exact) mass is 316 g/mol. The molecule has 1 aliphatic rings. The molecule has 2 rings (SSSR count). The fraction of sp³-hybridized carbons (Fsp3) is 0.533. The van der Waals surface area contributed by atoms with Crippen LogP contribution in [0.1, 0.15) is 25.3 Å². The third-order valence-electron chi connectivity index (χ3n) is 4.00. The van der Waals surface area contributed by atoms with Gasteiger partial charge in [-0.1, -0.05) is 13.0 Å². The van der Waals surface area contributed by atoms with E-state index in [1.807, 2.05) is 6.92 Å². The Balaban J connectivity index is 2.11. The number of benzene rings is 1. The lowest BCUT2D eigenvalue weighted by molar-refractivity contribution is -0.137. The number of carbonyl (C=O) groups excluding carboxylic acids is 1. The highest BCUT2D eigenvalue weighted by atomic mass is 19.4. The molecule has 1 saturated heterocycles. The molecule has 1 heterocycles. The molecule has 1 aromatic rings. The van der Waals surface area contributed by atoms with E-state index in [0.717, 1.165) is 25.0 Å². The number of likely N-dealkylation sites (tertiary alicyclic amines) is 1. The van der Waals surface area contributed by atoms with E-state index in [1.165, 1.54) is 17.0 Å². The number of carbonyl (C=O) groups is 1. The zero-order valence-electron chi connectivity index (χ0n) is 12.2. The van der Waals surface area contributed by atoms with Gasteiger partial charge in [0.2, 0.25) is 0 Å². The van der Waals surface area contributed by atoms with Crippen LogP contribution >= 0.6 is 0 Å². The Kier molecular flexibility index (Phi) is 4.95. The maximum Gasteiger partial charge on any atom is 0.416 e. The number of nitrogens with zero attached hydrogens (tertiary/aromatic N) is 1. The van der Waals surface area contributed by atoms with E-state index < -0.39 is 17.8 Å². The summed E-state index contributed by atoms with van der Waals surface area (Å²) in [5.41, 5.74) is -0.717. The Bertz CT molecular complexity index is 534. The van der Waals surface area contributed by atoms with Gasteiger partial charge in [-0.15, -0.1) is 0 Å². The largest absolute Gasteiger partial charge is 0.416 e. The van der Waals surface area contributed by atoms with Crippen LogP contribution in [-0.4, -0.2) is 35.2 Å². The third-order valence-corrected chi connectivity index (χ3v) is 4.00. The van der Waals surface area contributed by atoms with Crippen LogP contribution in [-0.2, 0) is 6.18 Å². The zero-order chi connectivity index (χ0) is 16.3. The van der Waals surface area contributed by atoms with Gasteiger partial charge in [-0.25, -0.2) is 4.79 Å². The highest BCUT2D eigenvalue weighted by molar-refractivity contribution is 5.89. The van der Waals surface area contributed by atoms with Crippen molar-refractivity contribution in [2.75, 3.05) is 18.5 Å². The van der Waals surface area contributed by atoms with Crippen molar-refractivity contribution in [1.29, 1.82) is 0 Å². The fourth-order valence-electron chi connectivity index (χ4n) is 2.75. The average molecular weight is 316 g/mol. The van der Waals surface area contributed by atoms with Crippen LogP contribution in [0.25, 0.3) is 0 Å². The van der Waals surface area contributed by atoms with E-state index in [1.54, 1.807) is 0 Å². The first-order chi connectivity index (χ1) is 10.3. The van der Waals surface area contributed by atoms with E-state index in [0.29, 0.717) is 6.54 Å². The van der Waals surface area contributed by atoms with Gasteiger partial charge < -0.3 is 15.3 Å². The standard InChI is InChI=1S/C15H19F3N2O2/c1-10-4-3-7-20(13(10)9-21)14(22)19-12-6-2-5-11(8-12)15(16,17)18/h2,5-6,8,10,13,21H,3-4,7,9H2,1H3,(H,19,22)/t10-,13+/m1/s1. The lowest BCUT2D eigenvalue weighted by atomic mass is 9.91. The molecule has 122 valence electrons. The molecule has 4 nitrogen and oxygen atoms in total. The van der Waals surface area contributed by atoms with Crippen molar-refractivity contribution in [1.82, 2.24) is 4.90 Å². The Morgan fingerprint density at radius 3 is 2.82 bits per heavy atom. The molecule has 7 heteroatoms. The van der Waals surface area contributed by atoms with Crippen LogP contribution < -0.4 is 5.32 Å². The van der Waals surface area contributed by atoms with Crippen LogP contribution in [0.3, 0.4) is 0 Å². The first kappa shape index (κ1) is 16.6. The molecule has 2 atom stereocenters. The Morgan fingerprint density at radius 1 is 1.45 bits per heavy atom. The summed E-state index contributed by atoms with van der Waals surface area (Å²) >= 11 is 0. The number of alkyl halides is 3. The number of urea groups is 1. The van der Waals surface area contributed by atoms with Gasteiger partial charge in [0.1, 0.15) is 0 Å². The van der Waals surface area contributed by atoms with Crippen LogP contribution in [0.5, 0.6) is 0 Å². The minimum absolute atomic E-state index is 0.0924. The van der Waals surface area contributed by atoms with Crippen molar-refractivity contribution < 1.29 is 23.1 Å². The molecule has 0 aromatic heterocycles. The van der Waals surface area contributed by atoms with E-state index >= 15 is 0 Å². The van der Waals surface area contributed by atoms with Crippen LogP contribution in [0.15, 0.2) is 24.3 Å². The predicted molar refractivity (Wildman–Crippen MR) is 76.4 cm³/mol. The maximum atomic E-state index is 12.7. The van der Waals surface area contributed by atoms with Gasteiger partial charge in [0.05, 0.1) is 18.2 Å². The summed E-state index contributed by atoms with van der Waals surface area (Å²) in [6, 6.07) is 3.73. The van der Waals surface area contributed by atoms with E-state index in [9.17, 15) is 23.1 Å². The van der Waals surface area contributed by atoms with Gasteiger partial charge in [-0.05, 0) is 37.0 Å². The number of amides is 2. The van der Waals surface area contributed by atoms with Crippen LogP contribution in [0.2, 0.25) is 0 Å². The van der Waals surface area contributed by atoms with Crippen molar-refractivity contribution in [3.8, 4) is 0 Å². The normalized spacial score (nSPS) is 22.5. The third kappa shape index (κ3) is 3.71. The molecule has 0 saturated carbocycles. The zero-order valence-corrected chi connectivity index (χ0v) is 12.2. The summed E-state index contributed by atoms with van der Waals surface area (Å²) < 4.78 is 38.0. The fourth-order valence-corrected chi connectivity index (χ4v) is 2.75. The van der Waals surface area contributed by atoms with Crippen LogP contribution in [0, 0.1) is 5.92 Å². The molecule has 1 aromatic carbocycles. The first-order valence-electron chi connectivity index (χ1n) is 7.18. The second-order valence-corrected chi connectivity index (χ2v) is 5.57. The molecule has 0 bridgehead atoms. The Morgan fingerprint density at radius 2 is 2.18 bits per heavy atom. The highest BCUT2D eigenvalue weighted by Gasteiger charge is 2.32.